The Bertz CT molecular complexity index is 818. The molecule has 2 aromatic carbocycles. The molecule has 23 heavy (non-hydrogen) atoms. The Morgan fingerprint density at radius 1 is 1.09 bits per heavy atom. The fourth-order valence-corrected chi connectivity index (χ4v) is 2.17. The van der Waals surface area contributed by atoms with Crippen LogP contribution in [-0.4, -0.2) is 22.6 Å². The minimum absolute atomic E-state index is 0.143. The van der Waals surface area contributed by atoms with Gasteiger partial charge in [-0.3, -0.25) is 9.36 Å². The Labute approximate surface area is 134 Å². The predicted octanol–water partition coefficient (Wildman–Crippen LogP) is 3.91. The van der Waals surface area contributed by atoms with E-state index in [4.69, 9.17) is 4.74 Å². The first-order valence-corrected chi connectivity index (χ1v) is 7.22. The van der Waals surface area contributed by atoms with Crippen molar-refractivity contribution in [1.29, 1.82) is 0 Å². The summed E-state index contributed by atoms with van der Waals surface area (Å²) < 4.78 is 6.58. The monoisotopic (exact) mass is 304 g/mol. The maximum Gasteiger partial charge on any atom is 0.255 e. The zero-order chi connectivity index (χ0) is 16.1. The summed E-state index contributed by atoms with van der Waals surface area (Å²) in [7, 11) is 1.62. The molecule has 1 aromatic heterocycles. The number of carbonyl (C=O) groups excluding carboxylic acids is 1. The van der Waals surface area contributed by atoms with Crippen LogP contribution in [0, 0.1) is 0 Å². The van der Waals surface area contributed by atoms with Gasteiger partial charge in [-0.1, -0.05) is 42.5 Å². The van der Waals surface area contributed by atoms with Gasteiger partial charge in [0.15, 0.2) is 0 Å². The van der Waals surface area contributed by atoms with Gasteiger partial charge in [0, 0.05) is 17.8 Å². The van der Waals surface area contributed by atoms with Crippen molar-refractivity contribution < 1.29 is 9.53 Å². The summed E-state index contributed by atoms with van der Waals surface area (Å²) in [4.78, 5) is 16.5. The smallest absolute Gasteiger partial charge is 0.255 e. The van der Waals surface area contributed by atoms with E-state index in [0.29, 0.717) is 0 Å². The molecule has 0 unspecified atom stereocenters. The molecule has 0 amide bonds. The molecule has 0 atom stereocenters. The number of hydrogen-bond acceptors (Lipinski definition) is 3. The molecule has 0 fully saturated rings. The van der Waals surface area contributed by atoms with E-state index in [2.05, 4.69) is 4.98 Å². The van der Waals surface area contributed by atoms with Crippen LogP contribution in [0.25, 0.3) is 17.3 Å². The van der Waals surface area contributed by atoms with Crippen molar-refractivity contribution in [2.45, 2.75) is 0 Å². The first kappa shape index (κ1) is 14.8. The van der Waals surface area contributed by atoms with Crippen LogP contribution in [0.4, 0.5) is 0 Å². The van der Waals surface area contributed by atoms with Crippen LogP contribution in [0.3, 0.4) is 0 Å². The number of benzene rings is 2. The van der Waals surface area contributed by atoms with Gasteiger partial charge in [0.2, 0.25) is 0 Å². The third-order valence-electron chi connectivity index (χ3n) is 3.44. The van der Waals surface area contributed by atoms with Crippen LogP contribution in [0.1, 0.15) is 10.4 Å². The molecule has 4 nitrogen and oxygen atoms in total. The first-order chi connectivity index (χ1) is 11.3. The summed E-state index contributed by atoms with van der Waals surface area (Å²) in [5.74, 6) is 0.645. The van der Waals surface area contributed by atoms with Gasteiger partial charge in [0.25, 0.3) is 5.91 Å². The van der Waals surface area contributed by atoms with Gasteiger partial charge < -0.3 is 4.74 Å². The molecular weight excluding hydrogens is 288 g/mol. The van der Waals surface area contributed by atoms with E-state index in [1.54, 1.807) is 19.4 Å². The lowest BCUT2D eigenvalue weighted by Gasteiger charge is -1.99. The Morgan fingerprint density at radius 2 is 1.83 bits per heavy atom. The quantitative estimate of drug-likeness (QED) is 0.686. The molecule has 1 heterocycles. The summed E-state index contributed by atoms with van der Waals surface area (Å²) in [6.45, 7) is 0. The fourth-order valence-electron chi connectivity index (χ4n) is 2.17. The molecule has 0 radical (unpaired) electrons. The third-order valence-corrected chi connectivity index (χ3v) is 3.44. The van der Waals surface area contributed by atoms with E-state index in [0.717, 1.165) is 22.6 Å². The highest BCUT2D eigenvalue weighted by Gasteiger charge is 2.05. The maximum atomic E-state index is 12.2. The van der Waals surface area contributed by atoms with Crippen molar-refractivity contribution in [3.05, 3.63) is 78.8 Å². The SMILES string of the molecule is COc1ccc(/C=C/C(=O)n2cnc(-c3ccccc3)c2)cc1. The van der Waals surface area contributed by atoms with E-state index in [-0.39, 0.29) is 5.91 Å². The van der Waals surface area contributed by atoms with Crippen molar-refractivity contribution in [3.63, 3.8) is 0 Å². The second kappa shape index (κ2) is 6.75. The standard InChI is InChI=1S/C19H16N2O2/c1-23-17-10-7-15(8-11-17)9-12-19(22)21-13-18(20-14-21)16-5-3-2-4-6-16/h2-14H,1H3/b12-9+. The highest BCUT2D eigenvalue weighted by atomic mass is 16.5. The van der Waals surface area contributed by atoms with Gasteiger partial charge in [-0.05, 0) is 23.8 Å². The highest BCUT2D eigenvalue weighted by Crippen LogP contribution is 2.16. The van der Waals surface area contributed by atoms with Gasteiger partial charge in [0.05, 0.1) is 12.8 Å². The predicted molar refractivity (Wildman–Crippen MR) is 90.3 cm³/mol. The van der Waals surface area contributed by atoms with Crippen LogP contribution < -0.4 is 4.74 Å². The number of hydrogen-bond donors (Lipinski definition) is 0. The number of aromatic nitrogens is 2. The first-order valence-electron chi connectivity index (χ1n) is 7.22. The zero-order valence-corrected chi connectivity index (χ0v) is 12.7. The normalized spacial score (nSPS) is 10.8. The summed E-state index contributed by atoms with van der Waals surface area (Å²) in [6, 6.07) is 17.3. The number of rotatable bonds is 4. The largest absolute Gasteiger partial charge is 0.497 e. The molecule has 0 N–H and O–H groups in total. The van der Waals surface area contributed by atoms with Crippen LogP contribution in [0.5, 0.6) is 5.75 Å². The molecule has 0 saturated heterocycles. The Kier molecular flexibility index (Phi) is 4.34. The number of carbonyl (C=O) groups is 1. The number of ether oxygens (including phenoxy) is 1. The van der Waals surface area contributed by atoms with Crippen LogP contribution >= 0.6 is 0 Å². The molecule has 0 aliphatic carbocycles. The number of methoxy groups -OCH3 is 1. The molecule has 3 rings (SSSR count). The van der Waals surface area contributed by atoms with Crippen molar-refractivity contribution >= 4 is 12.0 Å². The minimum Gasteiger partial charge on any atom is -0.497 e. The second-order valence-electron chi connectivity index (χ2n) is 4.98. The fraction of sp³-hybridized carbons (Fsp3) is 0.0526. The van der Waals surface area contributed by atoms with E-state index >= 15 is 0 Å². The van der Waals surface area contributed by atoms with Gasteiger partial charge in [-0.15, -0.1) is 0 Å². The van der Waals surface area contributed by atoms with Crippen molar-refractivity contribution in [3.8, 4) is 17.0 Å². The summed E-state index contributed by atoms with van der Waals surface area (Å²) in [5, 5.41) is 0. The minimum atomic E-state index is -0.143. The molecule has 3 aromatic rings. The molecule has 0 saturated carbocycles. The molecule has 0 aliphatic heterocycles. The highest BCUT2D eigenvalue weighted by molar-refractivity contribution is 5.94. The van der Waals surface area contributed by atoms with Crippen molar-refractivity contribution in [2.75, 3.05) is 7.11 Å². The lowest BCUT2D eigenvalue weighted by molar-refractivity contribution is 0.0969. The van der Waals surface area contributed by atoms with Crippen molar-refractivity contribution in [2.24, 2.45) is 0 Å². The second-order valence-corrected chi connectivity index (χ2v) is 4.98. The summed E-state index contributed by atoms with van der Waals surface area (Å²) >= 11 is 0. The van der Waals surface area contributed by atoms with Crippen LogP contribution in [-0.2, 0) is 0 Å². The number of allylic oxidation sites excluding steroid dienone is 1. The summed E-state index contributed by atoms with van der Waals surface area (Å²) in [6.07, 6.45) is 6.56. The van der Waals surface area contributed by atoms with Gasteiger partial charge in [0.1, 0.15) is 12.1 Å². The van der Waals surface area contributed by atoms with Crippen molar-refractivity contribution in [1.82, 2.24) is 9.55 Å². The molecular formula is C19H16N2O2. The average molecular weight is 304 g/mol. The lowest BCUT2D eigenvalue weighted by atomic mass is 10.2. The van der Waals surface area contributed by atoms with Crippen LogP contribution in [0.15, 0.2) is 73.2 Å². The zero-order valence-electron chi connectivity index (χ0n) is 12.7. The van der Waals surface area contributed by atoms with E-state index in [1.165, 1.54) is 17.0 Å². The number of imidazole rings is 1. The van der Waals surface area contributed by atoms with Gasteiger partial charge in [-0.25, -0.2) is 4.98 Å². The molecule has 114 valence electrons. The van der Waals surface area contributed by atoms with E-state index in [9.17, 15) is 4.79 Å². The maximum absolute atomic E-state index is 12.2. The number of nitrogens with zero attached hydrogens (tertiary/aromatic N) is 2. The molecule has 0 spiro atoms. The van der Waals surface area contributed by atoms with Crippen LogP contribution in [0.2, 0.25) is 0 Å². The average Bonchev–Trinajstić information content (AvgIpc) is 3.11. The van der Waals surface area contributed by atoms with Gasteiger partial charge in [-0.2, -0.15) is 0 Å². The van der Waals surface area contributed by atoms with Gasteiger partial charge >= 0.3 is 0 Å². The Morgan fingerprint density at radius 3 is 2.52 bits per heavy atom. The molecule has 0 aliphatic rings. The lowest BCUT2D eigenvalue weighted by Crippen LogP contribution is -2.03. The van der Waals surface area contributed by atoms with E-state index in [1.807, 2.05) is 54.6 Å². The van der Waals surface area contributed by atoms with E-state index < -0.39 is 0 Å². The topological polar surface area (TPSA) is 44.1 Å². The molecule has 4 heteroatoms. The third kappa shape index (κ3) is 3.55. The summed E-state index contributed by atoms with van der Waals surface area (Å²) in [5.41, 5.74) is 2.69. The molecule has 0 bridgehead atoms. The Hall–Kier alpha value is -3.14. The Balaban J connectivity index is 1.73.